The van der Waals surface area contributed by atoms with Crippen LogP contribution in [0.1, 0.15) is 37.7 Å². The first-order valence-corrected chi connectivity index (χ1v) is 11.4. The molecule has 3 heterocycles. The molecule has 1 unspecified atom stereocenters. The van der Waals surface area contributed by atoms with E-state index in [0.717, 1.165) is 51.3 Å². The molecule has 2 aromatic carbocycles. The zero-order valence-electron chi connectivity index (χ0n) is 17.7. The van der Waals surface area contributed by atoms with Gasteiger partial charge in [-0.15, -0.1) is 0 Å². The Morgan fingerprint density at radius 3 is 2.13 bits per heavy atom. The summed E-state index contributed by atoms with van der Waals surface area (Å²) in [6.07, 6.45) is 5.43. The van der Waals surface area contributed by atoms with Crippen molar-refractivity contribution < 1.29 is 4.79 Å². The van der Waals surface area contributed by atoms with Gasteiger partial charge in [0.1, 0.15) is 5.54 Å². The Morgan fingerprint density at radius 2 is 1.47 bits per heavy atom. The van der Waals surface area contributed by atoms with Crippen molar-refractivity contribution in [3.8, 4) is 0 Å². The Labute approximate surface area is 179 Å². The Morgan fingerprint density at radius 1 is 0.833 bits per heavy atom. The molecule has 0 saturated carbocycles. The molecular weight excluding hydrogens is 372 g/mol. The van der Waals surface area contributed by atoms with E-state index in [4.69, 9.17) is 0 Å². The highest BCUT2D eigenvalue weighted by atomic mass is 16.2. The molecule has 0 bridgehead atoms. The lowest BCUT2D eigenvalue weighted by Gasteiger charge is -2.47. The summed E-state index contributed by atoms with van der Waals surface area (Å²) < 4.78 is 0. The molecule has 0 aliphatic carbocycles. The summed E-state index contributed by atoms with van der Waals surface area (Å²) in [5.74, 6) is 0.210. The first kappa shape index (κ1) is 19.6. The number of likely N-dealkylation sites (tertiary alicyclic amines) is 2. The largest absolute Gasteiger partial charge is 0.324 e. The number of nitrogens with one attached hydrogen (secondary N) is 1. The van der Waals surface area contributed by atoms with E-state index in [1.165, 1.54) is 24.8 Å². The third-order valence-electron chi connectivity index (χ3n) is 7.09. The SMILES string of the molecule is O=C1NC(N2CCCCC2)N(c2ccccc2)C12CCN(Cc1ccccc1)CC2. The minimum absolute atomic E-state index is 0.0270. The molecule has 1 atom stereocenters. The zero-order chi connectivity index (χ0) is 20.4. The maximum atomic E-state index is 13.5. The number of piperidine rings is 2. The van der Waals surface area contributed by atoms with Gasteiger partial charge in [0.2, 0.25) is 5.91 Å². The predicted molar refractivity (Wildman–Crippen MR) is 120 cm³/mol. The van der Waals surface area contributed by atoms with Crippen molar-refractivity contribution in [2.45, 2.75) is 50.5 Å². The third kappa shape index (κ3) is 3.61. The van der Waals surface area contributed by atoms with Gasteiger partial charge in [0.15, 0.2) is 6.29 Å². The maximum absolute atomic E-state index is 13.5. The van der Waals surface area contributed by atoms with Crippen LogP contribution in [0.15, 0.2) is 60.7 Å². The van der Waals surface area contributed by atoms with Crippen LogP contribution >= 0.6 is 0 Å². The standard InChI is InChI=1S/C25H32N4O/c30-23-25(14-18-27(19-15-25)20-21-10-4-1-5-11-21)29(22-12-6-2-7-13-22)24(26-23)28-16-8-3-9-17-28/h1-2,4-7,10-13,24H,3,8-9,14-20H2,(H,26,30). The second kappa shape index (κ2) is 8.40. The van der Waals surface area contributed by atoms with Crippen LogP contribution in [0.25, 0.3) is 0 Å². The summed E-state index contributed by atoms with van der Waals surface area (Å²) >= 11 is 0. The summed E-state index contributed by atoms with van der Waals surface area (Å²) in [5, 5.41) is 3.39. The lowest BCUT2D eigenvalue weighted by molar-refractivity contribution is -0.125. The molecule has 5 nitrogen and oxygen atoms in total. The van der Waals surface area contributed by atoms with E-state index < -0.39 is 5.54 Å². The molecule has 1 N–H and O–H groups in total. The fraction of sp³-hybridized carbons (Fsp3) is 0.480. The van der Waals surface area contributed by atoms with Gasteiger partial charge in [-0.1, -0.05) is 55.0 Å². The average molecular weight is 405 g/mol. The van der Waals surface area contributed by atoms with Gasteiger partial charge in [-0.3, -0.25) is 14.6 Å². The molecule has 1 amide bonds. The molecule has 0 aromatic heterocycles. The second-order valence-electron chi connectivity index (χ2n) is 8.94. The molecule has 3 fully saturated rings. The molecule has 3 aliphatic rings. The van der Waals surface area contributed by atoms with Gasteiger partial charge in [-0.05, 0) is 43.4 Å². The van der Waals surface area contributed by atoms with Crippen LogP contribution in [-0.4, -0.2) is 53.7 Å². The van der Waals surface area contributed by atoms with Crippen molar-refractivity contribution in [3.05, 3.63) is 66.2 Å². The molecule has 3 aliphatic heterocycles. The van der Waals surface area contributed by atoms with Gasteiger partial charge in [-0.25, -0.2) is 0 Å². The second-order valence-corrected chi connectivity index (χ2v) is 8.94. The summed E-state index contributed by atoms with van der Waals surface area (Å²) in [7, 11) is 0. The fourth-order valence-electron chi connectivity index (χ4n) is 5.44. The van der Waals surface area contributed by atoms with Gasteiger partial charge in [-0.2, -0.15) is 0 Å². The lowest BCUT2D eigenvalue weighted by Crippen LogP contribution is -2.60. The number of amides is 1. The first-order chi connectivity index (χ1) is 14.8. The Bertz CT molecular complexity index is 842. The molecule has 3 saturated heterocycles. The number of benzene rings is 2. The van der Waals surface area contributed by atoms with Gasteiger partial charge in [0, 0.05) is 38.4 Å². The zero-order valence-corrected chi connectivity index (χ0v) is 17.7. The number of hydrogen-bond donors (Lipinski definition) is 1. The minimum atomic E-state index is -0.448. The van der Waals surface area contributed by atoms with Gasteiger partial charge in [0.25, 0.3) is 0 Å². The van der Waals surface area contributed by atoms with Crippen molar-refractivity contribution >= 4 is 11.6 Å². The van der Waals surface area contributed by atoms with Gasteiger partial charge in [0.05, 0.1) is 0 Å². The van der Waals surface area contributed by atoms with Crippen molar-refractivity contribution in [1.82, 2.24) is 15.1 Å². The van der Waals surface area contributed by atoms with Crippen LogP contribution in [0.5, 0.6) is 0 Å². The molecule has 5 rings (SSSR count). The van der Waals surface area contributed by atoms with Crippen LogP contribution < -0.4 is 10.2 Å². The Balaban J connectivity index is 1.39. The number of rotatable bonds is 4. The Hall–Kier alpha value is -2.37. The van der Waals surface area contributed by atoms with Crippen LogP contribution in [0.3, 0.4) is 0 Å². The molecule has 5 heteroatoms. The van der Waals surface area contributed by atoms with E-state index in [2.05, 4.69) is 80.7 Å². The van der Waals surface area contributed by atoms with Crippen LogP contribution in [0.4, 0.5) is 5.69 Å². The predicted octanol–water partition coefficient (Wildman–Crippen LogP) is 3.43. The highest BCUT2D eigenvalue weighted by Crippen LogP contribution is 2.40. The van der Waals surface area contributed by atoms with Gasteiger partial charge >= 0.3 is 0 Å². The molecule has 2 aromatic rings. The van der Waals surface area contributed by atoms with E-state index in [0.29, 0.717) is 0 Å². The van der Waals surface area contributed by atoms with Crippen molar-refractivity contribution in [3.63, 3.8) is 0 Å². The van der Waals surface area contributed by atoms with E-state index in [1.54, 1.807) is 0 Å². The number of carbonyl (C=O) groups excluding carboxylic acids is 1. The molecule has 0 radical (unpaired) electrons. The van der Waals surface area contributed by atoms with Crippen LogP contribution in [0, 0.1) is 0 Å². The number of nitrogens with zero attached hydrogens (tertiary/aromatic N) is 3. The van der Waals surface area contributed by atoms with E-state index in [9.17, 15) is 4.79 Å². The topological polar surface area (TPSA) is 38.8 Å². The highest BCUT2D eigenvalue weighted by Gasteiger charge is 2.55. The van der Waals surface area contributed by atoms with E-state index in [1.807, 2.05) is 0 Å². The highest BCUT2D eigenvalue weighted by molar-refractivity contribution is 5.94. The fourth-order valence-corrected chi connectivity index (χ4v) is 5.44. The Kier molecular flexibility index (Phi) is 5.48. The third-order valence-corrected chi connectivity index (χ3v) is 7.09. The molecule has 1 spiro atoms. The number of anilines is 1. The molecule has 158 valence electrons. The smallest absolute Gasteiger partial charge is 0.248 e. The van der Waals surface area contributed by atoms with Gasteiger partial charge < -0.3 is 10.2 Å². The maximum Gasteiger partial charge on any atom is 0.248 e. The van der Waals surface area contributed by atoms with Crippen LogP contribution in [-0.2, 0) is 11.3 Å². The van der Waals surface area contributed by atoms with Crippen molar-refractivity contribution in [1.29, 1.82) is 0 Å². The summed E-state index contributed by atoms with van der Waals surface area (Å²) in [6.45, 7) is 4.96. The lowest BCUT2D eigenvalue weighted by atomic mass is 9.85. The van der Waals surface area contributed by atoms with E-state index in [-0.39, 0.29) is 12.2 Å². The molecular formula is C25H32N4O. The quantitative estimate of drug-likeness (QED) is 0.848. The summed E-state index contributed by atoms with van der Waals surface area (Å²) in [5.41, 5.74) is 2.05. The van der Waals surface area contributed by atoms with Crippen LogP contribution in [0.2, 0.25) is 0 Å². The van der Waals surface area contributed by atoms with E-state index >= 15 is 0 Å². The number of carbonyl (C=O) groups is 1. The van der Waals surface area contributed by atoms with Crippen molar-refractivity contribution in [2.24, 2.45) is 0 Å². The first-order valence-electron chi connectivity index (χ1n) is 11.4. The molecule has 30 heavy (non-hydrogen) atoms. The normalized spacial score (nSPS) is 24.9. The van der Waals surface area contributed by atoms with Crippen molar-refractivity contribution in [2.75, 3.05) is 31.1 Å². The summed E-state index contributed by atoms with van der Waals surface area (Å²) in [4.78, 5) is 20.8. The minimum Gasteiger partial charge on any atom is -0.324 e. The average Bonchev–Trinajstić information content (AvgIpc) is 3.09. The number of para-hydroxylation sites is 1. The monoisotopic (exact) mass is 404 g/mol. The number of hydrogen-bond acceptors (Lipinski definition) is 4. The summed E-state index contributed by atoms with van der Waals surface area (Å²) in [6, 6.07) is 21.2.